The van der Waals surface area contributed by atoms with Gasteiger partial charge in [-0.15, -0.1) is 0 Å². The van der Waals surface area contributed by atoms with Gasteiger partial charge < -0.3 is 14.4 Å². The molecule has 1 aromatic heterocycles. The van der Waals surface area contributed by atoms with Gasteiger partial charge in [-0.3, -0.25) is 9.69 Å². The Morgan fingerprint density at radius 1 is 1.15 bits per heavy atom. The predicted molar refractivity (Wildman–Crippen MR) is 90.3 cm³/mol. The summed E-state index contributed by atoms with van der Waals surface area (Å²) in [6.45, 7) is 4.14. The number of aromatic hydroxyl groups is 1. The molecule has 0 atom stereocenters. The highest BCUT2D eigenvalue weighted by Crippen LogP contribution is 2.32. The van der Waals surface area contributed by atoms with Crippen molar-refractivity contribution in [3.05, 3.63) is 57.6 Å². The van der Waals surface area contributed by atoms with Crippen molar-refractivity contribution in [1.82, 2.24) is 4.90 Å². The molecule has 2 aromatic rings. The van der Waals surface area contributed by atoms with Crippen LogP contribution in [0.25, 0.3) is 0 Å². The molecule has 1 aliphatic rings. The van der Waals surface area contributed by atoms with E-state index in [9.17, 15) is 23.1 Å². The van der Waals surface area contributed by atoms with Crippen molar-refractivity contribution in [2.24, 2.45) is 0 Å². The van der Waals surface area contributed by atoms with Crippen LogP contribution in [-0.4, -0.2) is 36.2 Å². The number of alkyl halides is 3. The maximum atomic E-state index is 12.9. The van der Waals surface area contributed by atoms with Crippen LogP contribution in [0.15, 0.2) is 39.5 Å². The highest BCUT2D eigenvalue weighted by Gasteiger charge is 2.31. The molecule has 0 saturated carbocycles. The van der Waals surface area contributed by atoms with Gasteiger partial charge in [-0.2, -0.15) is 13.2 Å². The summed E-state index contributed by atoms with van der Waals surface area (Å²) in [7, 11) is 0. The molecular formula is C18H19F3N2O3. The Morgan fingerprint density at radius 2 is 1.85 bits per heavy atom. The van der Waals surface area contributed by atoms with Crippen molar-refractivity contribution < 1.29 is 22.7 Å². The quantitative estimate of drug-likeness (QED) is 0.903. The summed E-state index contributed by atoms with van der Waals surface area (Å²) in [5, 5.41) is 9.84. The summed E-state index contributed by atoms with van der Waals surface area (Å²) in [5.41, 5.74) is -0.611. The minimum atomic E-state index is -4.36. The summed E-state index contributed by atoms with van der Waals surface area (Å²) in [5.74, 6) is 0.240. The fourth-order valence-corrected chi connectivity index (χ4v) is 3.02. The zero-order valence-corrected chi connectivity index (χ0v) is 14.2. The highest BCUT2D eigenvalue weighted by atomic mass is 19.4. The van der Waals surface area contributed by atoms with Crippen LogP contribution in [0, 0.1) is 6.92 Å². The van der Waals surface area contributed by atoms with Crippen LogP contribution in [0.5, 0.6) is 5.75 Å². The fraction of sp³-hybridized carbons (Fsp3) is 0.389. The van der Waals surface area contributed by atoms with Crippen molar-refractivity contribution >= 4 is 5.69 Å². The van der Waals surface area contributed by atoms with Crippen LogP contribution in [0.4, 0.5) is 18.9 Å². The Hall–Kier alpha value is -2.48. The molecule has 2 heterocycles. The van der Waals surface area contributed by atoms with Gasteiger partial charge in [0, 0.05) is 37.9 Å². The van der Waals surface area contributed by atoms with E-state index in [4.69, 9.17) is 4.42 Å². The highest BCUT2D eigenvalue weighted by molar-refractivity contribution is 5.49. The van der Waals surface area contributed by atoms with Crippen LogP contribution in [-0.2, 0) is 12.7 Å². The van der Waals surface area contributed by atoms with Crippen molar-refractivity contribution in [3.63, 3.8) is 0 Å². The first kappa shape index (κ1) is 18.3. The monoisotopic (exact) mass is 368 g/mol. The Morgan fingerprint density at radius 3 is 2.50 bits per heavy atom. The number of hydrogen-bond acceptors (Lipinski definition) is 5. The van der Waals surface area contributed by atoms with E-state index in [2.05, 4.69) is 0 Å². The molecule has 0 aliphatic carbocycles. The van der Waals surface area contributed by atoms with Gasteiger partial charge in [-0.25, -0.2) is 0 Å². The van der Waals surface area contributed by atoms with E-state index in [0.717, 1.165) is 12.1 Å². The lowest BCUT2D eigenvalue weighted by Crippen LogP contribution is -2.46. The maximum absolute atomic E-state index is 12.9. The Bertz CT molecular complexity index is 840. The smallest absolute Gasteiger partial charge is 0.416 e. The average Bonchev–Trinajstić information content (AvgIpc) is 2.59. The third-order valence-corrected chi connectivity index (χ3v) is 4.39. The lowest BCUT2D eigenvalue weighted by molar-refractivity contribution is -0.137. The van der Waals surface area contributed by atoms with E-state index in [0.29, 0.717) is 37.6 Å². The zero-order valence-electron chi connectivity index (χ0n) is 14.2. The molecule has 1 saturated heterocycles. The number of benzene rings is 1. The second kappa shape index (κ2) is 7.03. The predicted octanol–water partition coefficient (Wildman–Crippen LogP) is 2.99. The van der Waals surface area contributed by atoms with Gasteiger partial charge in [0.1, 0.15) is 5.76 Å². The summed E-state index contributed by atoms with van der Waals surface area (Å²) in [6, 6.07) is 6.51. The van der Waals surface area contributed by atoms with E-state index in [1.807, 2.05) is 9.80 Å². The van der Waals surface area contributed by atoms with Gasteiger partial charge in [0.25, 0.3) is 0 Å². The molecule has 3 rings (SSSR count). The molecule has 1 aromatic carbocycles. The lowest BCUT2D eigenvalue weighted by atomic mass is 10.1. The normalized spacial score (nSPS) is 16.1. The van der Waals surface area contributed by atoms with E-state index in [1.54, 1.807) is 13.0 Å². The van der Waals surface area contributed by atoms with E-state index in [-0.39, 0.29) is 12.3 Å². The van der Waals surface area contributed by atoms with Gasteiger partial charge >= 0.3 is 6.18 Å². The van der Waals surface area contributed by atoms with Gasteiger partial charge in [0.15, 0.2) is 5.76 Å². The molecule has 140 valence electrons. The van der Waals surface area contributed by atoms with Gasteiger partial charge in [0.05, 0.1) is 12.1 Å². The second-order valence-electron chi connectivity index (χ2n) is 6.30. The molecule has 0 unspecified atom stereocenters. The minimum absolute atomic E-state index is 0.211. The van der Waals surface area contributed by atoms with Crippen LogP contribution in [0.2, 0.25) is 0 Å². The fourth-order valence-electron chi connectivity index (χ4n) is 3.02. The maximum Gasteiger partial charge on any atom is 0.416 e. The third kappa shape index (κ3) is 4.01. The van der Waals surface area contributed by atoms with Crippen molar-refractivity contribution in [1.29, 1.82) is 0 Å². The van der Waals surface area contributed by atoms with Crippen molar-refractivity contribution in [2.45, 2.75) is 19.6 Å². The molecular weight excluding hydrogens is 349 g/mol. The molecule has 1 aliphatic heterocycles. The molecule has 26 heavy (non-hydrogen) atoms. The number of piperazine rings is 1. The molecule has 0 amide bonds. The molecule has 0 radical (unpaired) electrons. The number of aryl methyl sites for hydroxylation is 1. The first-order valence-electron chi connectivity index (χ1n) is 8.21. The Balaban J connectivity index is 1.66. The van der Waals surface area contributed by atoms with Crippen molar-refractivity contribution in [3.8, 4) is 5.75 Å². The molecule has 1 N–H and O–H groups in total. The van der Waals surface area contributed by atoms with Crippen molar-refractivity contribution in [2.75, 3.05) is 31.1 Å². The number of hydrogen-bond donors (Lipinski definition) is 1. The topological polar surface area (TPSA) is 56.9 Å². The summed E-state index contributed by atoms with van der Waals surface area (Å²) < 4.78 is 44.0. The molecule has 0 spiro atoms. The largest absolute Gasteiger partial charge is 0.502 e. The molecule has 5 nitrogen and oxygen atoms in total. The lowest BCUT2D eigenvalue weighted by Gasteiger charge is -2.36. The number of halogens is 3. The molecule has 8 heteroatoms. The minimum Gasteiger partial charge on any atom is -0.502 e. The Kier molecular flexibility index (Phi) is 4.95. The number of nitrogens with zero attached hydrogens (tertiary/aromatic N) is 2. The first-order valence-corrected chi connectivity index (χ1v) is 8.21. The first-order chi connectivity index (χ1) is 12.2. The average molecular weight is 368 g/mol. The Labute approximate surface area is 148 Å². The molecule has 0 bridgehead atoms. The summed E-state index contributed by atoms with van der Waals surface area (Å²) in [6.07, 6.45) is -4.36. The second-order valence-corrected chi connectivity index (χ2v) is 6.30. The van der Waals surface area contributed by atoms with Gasteiger partial charge in [-0.05, 0) is 25.1 Å². The summed E-state index contributed by atoms with van der Waals surface area (Å²) >= 11 is 0. The SMILES string of the molecule is Cc1cc(=O)c(O)c(CN2CCN(c3cccc(C(F)(F)F)c3)CC2)o1. The van der Waals surface area contributed by atoms with E-state index >= 15 is 0 Å². The van der Waals surface area contributed by atoms with Crippen LogP contribution in [0.1, 0.15) is 17.1 Å². The van der Waals surface area contributed by atoms with E-state index in [1.165, 1.54) is 12.1 Å². The van der Waals surface area contributed by atoms with Gasteiger partial charge in [-0.1, -0.05) is 6.07 Å². The van der Waals surface area contributed by atoms with Gasteiger partial charge in [0.2, 0.25) is 11.2 Å². The van der Waals surface area contributed by atoms with Crippen LogP contribution in [0.3, 0.4) is 0 Å². The van der Waals surface area contributed by atoms with Crippen LogP contribution >= 0.6 is 0 Å². The van der Waals surface area contributed by atoms with E-state index < -0.39 is 22.9 Å². The molecule has 1 fully saturated rings. The summed E-state index contributed by atoms with van der Waals surface area (Å²) in [4.78, 5) is 15.5. The third-order valence-electron chi connectivity index (χ3n) is 4.39. The zero-order chi connectivity index (χ0) is 18.9. The van der Waals surface area contributed by atoms with Crippen LogP contribution < -0.4 is 10.3 Å². The number of anilines is 1. The standard InChI is InChI=1S/C18H19F3N2O3/c1-12-9-15(24)17(25)16(26-12)11-22-5-7-23(8-6-22)14-4-2-3-13(10-14)18(19,20)21/h2-4,9-10,25H,5-8,11H2,1H3. The number of rotatable bonds is 3.